The van der Waals surface area contributed by atoms with Crippen LogP contribution in [-0.4, -0.2) is 0 Å². The van der Waals surface area contributed by atoms with Crippen LogP contribution in [0.2, 0.25) is 0 Å². The van der Waals surface area contributed by atoms with Crippen LogP contribution in [0.1, 0.15) is 56.7 Å². The van der Waals surface area contributed by atoms with Crippen LogP contribution in [0.4, 0.5) is 0 Å². The Bertz CT molecular complexity index is 310. The quantitative estimate of drug-likeness (QED) is 0.666. The summed E-state index contributed by atoms with van der Waals surface area (Å²) in [6, 6.07) is 6.97. The fraction of sp³-hybridized carbons (Fsp3) is 0.600. The highest BCUT2D eigenvalue weighted by atomic mass is 14.1. The van der Waals surface area contributed by atoms with Gasteiger partial charge in [-0.1, -0.05) is 52.3 Å². The molecule has 0 heterocycles. The van der Waals surface area contributed by atoms with Crippen molar-refractivity contribution in [1.82, 2.24) is 0 Å². The molecule has 0 aliphatic carbocycles. The smallest absolute Gasteiger partial charge is 0.0216 e. The third-order valence-electron chi connectivity index (χ3n) is 3.24. The molecule has 1 unspecified atom stereocenters. The number of hydrogen-bond acceptors (Lipinski definition) is 0. The van der Waals surface area contributed by atoms with Crippen LogP contribution in [0.3, 0.4) is 0 Å². The van der Waals surface area contributed by atoms with Crippen molar-refractivity contribution < 1.29 is 0 Å². The maximum atomic E-state index is 2.36. The molecule has 0 aliphatic rings. The summed E-state index contributed by atoms with van der Waals surface area (Å²) in [6.45, 7) is 11.3. The summed E-state index contributed by atoms with van der Waals surface area (Å²) >= 11 is 0. The average Bonchev–Trinajstić information content (AvgIpc) is 2.17. The van der Waals surface area contributed by atoms with E-state index in [1.165, 1.54) is 29.5 Å². The molecule has 0 bridgehead atoms. The Morgan fingerprint density at radius 2 is 1.80 bits per heavy atom. The molecule has 0 fully saturated rings. The van der Waals surface area contributed by atoms with E-state index in [0.717, 1.165) is 5.92 Å². The molecule has 0 radical (unpaired) electrons. The maximum Gasteiger partial charge on any atom is -0.0216 e. The van der Waals surface area contributed by atoms with Crippen LogP contribution in [0.25, 0.3) is 0 Å². The summed E-state index contributed by atoms with van der Waals surface area (Å²) in [4.78, 5) is 0. The van der Waals surface area contributed by atoms with Gasteiger partial charge in [-0.2, -0.15) is 0 Å². The SMILES string of the molecule is CCC(C)Cc1ccc(C(C)C)c(C)c1. The predicted molar refractivity (Wildman–Crippen MR) is 68.4 cm³/mol. The third-order valence-corrected chi connectivity index (χ3v) is 3.24. The minimum Gasteiger partial charge on any atom is -0.0651 e. The van der Waals surface area contributed by atoms with E-state index in [1.54, 1.807) is 0 Å². The summed E-state index contributed by atoms with van der Waals surface area (Å²) in [5.74, 6) is 1.44. The zero-order valence-electron chi connectivity index (χ0n) is 10.8. The van der Waals surface area contributed by atoms with Crippen LogP contribution in [0, 0.1) is 12.8 Å². The molecule has 0 N–H and O–H groups in total. The number of rotatable bonds is 4. The number of benzene rings is 1. The van der Waals surface area contributed by atoms with Crippen molar-refractivity contribution in [2.45, 2.75) is 53.4 Å². The van der Waals surface area contributed by atoms with Crippen molar-refractivity contribution in [2.75, 3.05) is 0 Å². The van der Waals surface area contributed by atoms with Gasteiger partial charge in [0.05, 0.1) is 0 Å². The lowest BCUT2D eigenvalue weighted by molar-refractivity contribution is 0.560. The van der Waals surface area contributed by atoms with Crippen molar-refractivity contribution in [3.8, 4) is 0 Å². The third kappa shape index (κ3) is 3.37. The van der Waals surface area contributed by atoms with E-state index in [4.69, 9.17) is 0 Å². The highest BCUT2D eigenvalue weighted by Gasteiger charge is 2.06. The molecule has 0 aliphatic heterocycles. The van der Waals surface area contributed by atoms with E-state index in [0.29, 0.717) is 5.92 Å². The lowest BCUT2D eigenvalue weighted by Crippen LogP contribution is -2.00. The zero-order chi connectivity index (χ0) is 11.4. The van der Waals surface area contributed by atoms with Crippen molar-refractivity contribution in [2.24, 2.45) is 5.92 Å². The van der Waals surface area contributed by atoms with E-state index < -0.39 is 0 Å². The minimum absolute atomic E-state index is 0.641. The second kappa shape index (κ2) is 5.34. The first-order valence-electron chi connectivity index (χ1n) is 6.14. The van der Waals surface area contributed by atoms with Gasteiger partial charge in [0.2, 0.25) is 0 Å². The molecule has 0 amide bonds. The van der Waals surface area contributed by atoms with Crippen LogP contribution in [0.15, 0.2) is 18.2 Å². The zero-order valence-corrected chi connectivity index (χ0v) is 10.8. The fourth-order valence-electron chi connectivity index (χ4n) is 2.06. The van der Waals surface area contributed by atoms with Crippen molar-refractivity contribution in [3.05, 3.63) is 34.9 Å². The molecule has 1 atom stereocenters. The van der Waals surface area contributed by atoms with Crippen LogP contribution >= 0.6 is 0 Å². The molecule has 0 nitrogen and oxygen atoms in total. The van der Waals surface area contributed by atoms with Gasteiger partial charge in [-0.25, -0.2) is 0 Å². The first kappa shape index (κ1) is 12.3. The molecule has 0 spiro atoms. The van der Waals surface area contributed by atoms with Gasteiger partial charge in [0.15, 0.2) is 0 Å². The van der Waals surface area contributed by atoms with E-state index in [1.807, 2.05) is 0 Å². The molecule has 1 aromatic rings. The largest absolute Gasteiger partial charge is 0.0651 e. The average molecular weight is 204 g/mol. The first-order valence-corrected chi connectivity index (χ1v) is 6.14. The molecule has 0 saturated carbocycles. The number of hydrogen-bond donors (Lipinski definition) is 0. The van der Waals surface area contributed by atoms with Gasteiger partial charge < -0.3 is 0 Å². The molecule has 84 valence electrons. The van der Waals surface area contributed by atoms with Crippen LogP contribution < -0.4 is 0 Å². The van der Waals surface area contributed by atoms with Crippen molar-refractivity contribution in [3.63, 3.8) is 0 Å². The lowest BCUT2D eigenvalue weighted by atomic mass is 9.92. The Hall–Kier alpha value is -0.780. The normalized spacial score (nSPS) is 13.2. The summed E-state index contributed by atoms with van der Waals surface area (Å²) < 4.78 is 0. The predicted octanol–water partition coefficient (Wildman–Crippen LogP) is 4.71. The van der Waals surface area contributed by atoms with Gasteiger partial charge in [0.25, 0.3) is 0 Å². The Kier molecular flexibility index (Phi) is 4.38. The molecule has 0 saturated heterocycles. The van der Waals surface area contributed by atoms with Gasteiger partial charge >= 0.3 is 0 Å². The number of aryl methyl sites for hydroxylation is 1. The summed E-state index contributed by atoms with van der Waals surface area (Å²) in [6.07, 6.45) is 2.49. The topological polar surface area (TPSA) is 0 Å². The van der Waals surface area contributed by atoms with E-state index in [9.17, 15) is 0 Å². The molecular weight excluding hydrogens is 180 g/mol. The fourth-order valence-corrected chi connectivity index (χ4v) is 2.06. The maximum absolute atomic E-state index is 2.36. The lowest BCUT2D eigenvalue weighted by Gasteiger charge is -2.13. The molecule has 1 aromatic carbocycles. The second-order valence-electron chi connectivity index (χ2n) is 5.06. The van der Waals surface area contributed by atoms with Gasteiger partial charge in [-0.3, -0.25) is 0 Å². The molecule has 0 heteroatoms. The Morgan fingerprint density at radius 3 is 2.27 bits per heavy atom. The molecule has 1 rings (SSSR count). The second-order valence-corrected chi connectivity index (χ2v) is 5.06. The van der Waals surface area contributed by atoms with Gasteiger partial charge in [-0.15, -0.1) is 0 Å². The summed E-state index contributed by atoms with van der Waals surface area (Å²) in [5, 5.41) is 0. The van der Waals surface area contributed by atoms with Crippen LogP contribution in [-0.2, 0) is 6.42 Å². The van der Waals surface area contributed by atoms with E-state index >= 15 is 0 Å². The van der Waals surface area contributed by atoms with Crippen molar-refractivity contribution >= 4 is 0 Å². The Morgan fingerprint density at radius 1 is 1.13 bits per heavy atom. The monoisotopic (exact) mass is 204 g/mol. The Balaban J connectivity index is 2.82. The van der Waals surface area contributed by atoms with E-state index in [2.05, 4.69) is 52.8 Å². The molecule has 15 heavy (non-hydrogen) atoms. The summed E-state index contributed by atoms with van der Waals surface area (Å²) in [7, 11) is 0. The standard InChI is InChI=1S/C15H24/c1-6-12(4)9-14-7-8-15(11(2)3)13(5)10-14/h7-8,10-12H,6,9H2,1-5H3. The van der Waals surface area contributed by atoms with E-state index in [-0.39, 0.29) is 0 Å². The minimum atomic E-state index is 0.641. The highest BCUT2D eigenvalue weighted by Crippen LogP contribution is 2.21. The summed E-state index contributed by atoms with van der Waals surface area (Å²) in [5.41, 5.74) is 4.43. The van der Waals surface area contributed by atoms with Crippen LogP contribution in [0.5, 0.6) is 0 Å². The van der Waals surface area contributed by atoms with Gasteiger partial charge in [-0.05, 0) is 41.9 Å². The van der Waals surface area contributed by atoms with Gasteiger partial charge in [0, 0.05) is 0 Å². The molecule has 0 aromatic heterocycles. The molecular formula is C15H24. The van der Waals surface area contributed by atoms with Crippen molar-refractivity contribution in [1.29, 1.82) is 0 Å². The Labute approximate surface area is 94.7 Å². The van der Waals surface area contributed by atoms with Gasteiger partial charge in [0.1, 0.15) is 0 Å². The first-order chi connectivity index (χ1) is 7.04. The highest BCUT2D eigenvalue weighted by molar-refractivity contribution is 5.33.